The van der Waals surface area contributed by atoms with Crippen molar-refractivity contribution < 1.29 is 14.3 Å². The standard InChI is InChI=1S/C28H24O3/c1-30-27(29)23-19-17-22(18-20-23)21-31-28(24-11-5-2-6-12-24,25-13-7-3-8-14-25)26-15-9-4-10-16-26/h2-20H,21H2,1H3. The Kier molecular flexibility index (Phi) is 6.25. The fourth-order valence-electron chi connectivity index (χ4n) is 3.82. The molecule has 0 heterocycles. The summed E-state index contributed by atoms with van der Waals surface area (Å²) in [5.74, 6) is -0.348. The summed E-state index contributed by atoms with van der Waals surface area (Å²) >= 11 is 0. The van der Waals surface area contributed by atoms with Crippen LogP contribution < -0.4 is 0 Å². The molecule has 3 heteroatoms. The van der Waals surface area contributed by atoms with Crippen LogP contribution in [0.4, 0.5) is 0 Å². The van der Waals surface area contributed by atoms with E-state index in [0.717, 1.165) is 22.3 Å². The van der Waals surface area contributed by atoms with E-state index in [1.165, 1.54) is 7.11 Å². The van der Waals surface area contributed by atoms with E-state index in [1.807, 2.05) is 66.7 Å². The van der Waals surface area contributed by atoms with Gasteiger partial charge in [-0.15, -0.1) is 0 Å². The zero-order chi connectivity index (χ0) is 21.5. The molecule has 31 heavy (non-hydrogen) atoms. The molecule has 0 unspecified atom stereocenters. The van der Waals surface area contributed by atoms with Crippen LogP contribution in [-0.4, -0.2) is 13.1 Å². The number of carbonyl (C=O) groups excluding carboxylic acids is 1. The molecule has 0 bridgehead atoms. The second-order valence-electron chi connectivity index (χ2n) is 7.26. The van der Waals surface area contributed by atoms with Gasteiger partial charge in [0.15, 0.2) is 0 Å². The van der Waals surface area contributed by atoms with Gasteiger partial charge < -0.3 is 9.47 Å². The Bertz CT molecular complexity index is 1010. The number of benzene rings is 4. The van der Waals surface area contributed by atoms with Crippen LogP contribution in [0, 0.1) is 0 Å². The van der Waals surface area contributed by atoms with Gasteiger partial charge in [0.05, 0.1) is 19.3 Å². The van der Waals surface area contributed by atoms with Crippen LogP contribution in [0.25, 0.3) is 0 Å². The Labute approximate surface area is 182 Å². The van der Waals surface area contributed by atoms with E-state index < -0.39 is 5.60 Å². The molecule has 0 saturated carbocycles. The van der Waals surface area contributed by atoms with Gasteiger partial charge in [-0.2, -0.15) is 0 Å². The number of carbonyl (C=O) groups is 1. The minimum absolute atomic E-state index is 0.348. The topological polar surface area (TPSA) is 35.5 Å². The lowest BCUT2D eigenvalue weighted by atomic mass is 9.80. The Morgan fingerprint density at radius 3 is 1.45 bits per heavy atom. The first-order valence-corrected chi connectivity index (χ1v) is 10.2. The summed E-state index contributed by atoms with van der Waals surface area (Å²) in [7, 11) is 1.38. The molecule has 0 saturated heterocycles. The summed E-state index contributed by atoms with van der Waals surface area (Å²) in [5, 5.41) is 0. The van der Waals surface area contributed by atoms with Gasteiger partial charge >= 0.3 is 5.97 Å². The fraction of sp³-hybridized carbons (Fsp3) is 0.107. The van der Waals surface area contributed by atoms with Gasteiger partial charge in [0.1, 0.15) is 5.60 Å². The molecule has 0 aliphatic heterocycles. The molecular formula is C28H24O3. The third-order valence-electron chi connectivity index (χ3n) is 5.37. The summed E-state index contributed by atoms with van der Waals surface area (Å²) in [6, 6.07) is 38.1. The lowest BCUT2D eigenvalue weighted by Crippen LogP contribution is -2.32. The summed E-state index contributed by atoms with van der Waals surface area (Å²) in [6.07, 6.45) is 0. The highest BCUT2D eigenvalue weighted by molar-refractivity contribution is 5.89. The number of hydrogen-bond donors (Lipinski definition) is 0. The van der Waals surface area contributed by atoms with Gasteiger partial charge in [-0.25, -0.2) is 4.79 Å². The minimum Gasteiger partial charge on any atom is -0.465 e. The normalized spacial score (nSPS) is 11.1. The predicted octanol–water partition coefficient (Wildman–Crippen LogP) is 5.98. The van der Waals surface area contributed by atoms with Crippen LogP contribution in [0.2, 0.25) is 0 Å². The summed E-state index contributed by atoms with van der Waals surface area (Å²) in [5.41, 5.74) is 3.88. The van der Waals surface area contributed by atoms with Crippen LogP contribution in [0.15, 0.2) is 115 Å². The molecule has 0 fully saturated rings. The van der Waals surface area contributed by atoms with Crippen molar-refractivity contribution in [3.63, 3.8) is 0 Å². The highest BCUT2D eigenvalue weighted by Crippen LogP contribution is 2.41. The molecular weight excluding hydrogens is 384 g/mol. The quantitative estimate of drug-likeness (QED) is 0.279. The molecule has 0 aromatic heterocycles. The predicted molar refractivity (Wildman–Crippen MR) is 122 cm³/mol. The highest BCUT2D eigenvalue weighted by atomic mass is 16.5. The van der Waals surface area contributed by atoms with Gasteiger partial charge in [0.25, 0.3) is 0 Å². The summed E-state index contributed by atoms with van der Waals surface area (Å²) in [4.78, 5) is 11.7. The van der Waals surface area contributed by atoms with E-state index in [4.69, 9.17) is 9.47 Å². The van der Waals surface area contributed by atoms with Crippen molar-refractivity contribution in [1.29, 1.82) is 0 Å². The Balaban J connectivity index is 1.78. The van der Waals surface area contributed by atoms with Gasteiger partial charge in [-0.05, 0) is 34.4 Å². The molecule has 4 rings (SSSR count). The van der Waals surface area contributed by atoms with Gasteiger partial charge in [0.2, 0.25) is 0 Å². The van der Waals surface area contributed by atoms with Crippen molar-refractivity contribution in [3.8, 4) is 0 Å². The van der Waals surface area contributed by atoms with Crippen molar-refractivity contribution in [3.05, 3.63) is 143 Å². The zero-order valence-electron chi connectivity index (χ0n) is 17.4. The van der Waals surface area contributed by atoms with E-state index in [9.17, 15) is 4.79 Å². The first-order valence-electron chi connectivity index (χ1n) is 10.2. The molecule has 4 aromatic carbocycles. The molecule has 154 valence electrons. The smallest absolute Gasteiger partial charge is 0.337 e. The average molecular weight is 408 g/mol. The minimum atomic E-state index is -0.773. The second-order valence-corrected chi connectivity index (χ2v) is 7.26. The van der Waals surface area contributed by atoms with Crippen molar-refractivity contribution in [2.24, 2.45) is 0 Å². The van der Waals surface area contributed by atoms with Gasteiger partial charge in [-0.3, -0.25) is 0 Å². The Hall–Kier alpha value is -3.69. The highest BCUT2D eigenvalue weighted by Gasteiger charge is 2.37. The maximum Gasteiger partial charge on any atom is 0.337 e. The van der Waals surface area contributed by atoms with E-state index in [1.54, 1.807) is 12.1 Å². The molecule has 4 aromatic rings. The van der Waals surface area contributed by atoms with Gasteiger partial charge in [-0.1, -0.05) is 103 Å². The molecule has 0 N–H and O–H groups in total. The molecule has 0 radical (unpaired) electrons. The van der Waals surface area contributed by atoms with Crippen LogP contribution in [0.3, 0.4) is 0 Å². The molecule has 0 amide bonds. The first kappa shape index (κ1) is 20.6. The third-order valence-corrected chi connectivity index (χ3v) is 5.37. The zero-order valence-corrected chi connectivity index (χ0v) is 17.4. The molecule has 3 nitrogen and oxygen atoms in total. The first-order chi connectivity index (χ1) is 15.2. The van der Waals surface area contributed by atoms with E-state index in [2.05, 4.69) is 36.4 Å². The van der Waals surface area contributed by atoms with E-state index >= 15 is 0 Å². The SMILES string of the molecule is COC(=O)c1ccc(COC(c2ccccc2)(c2ccccc2)c2ccccc2)cc1. The maximum atomic E-state index is 11.7. The van der Waals surface area contributed by atoms with Crippen LogP contribution in [0.1, 0.15) is 32.6 Å². The Morgan fingerprint density at radius 2 is 1.06 bits per heavy atom. The van der Waals surface area contributed by atoms with E-state index in [-0.39, 0.29) is 5.97 Å². The lowest BCUT2D eigenvalue weighted by Gasteiger charge is -2.36. The van der Waals surface area contributed by atoms with Crippen LogP contribution in [0.5, 0.6) is 0 Å². The van der Waals surface area contributed by atoms with Crippen molar-refractivity contribution >= 4 is 5.97 Å². The molecule has 0 aliphatic rings. The third kappa shape index (κ3) is 4.27. The molecule has 0 aliphatic carbocycles. The van der Waals surface area contributed by atoms with Crippen molar-refractivity contribution in [1.82, 2.24) is 0 Å². The van der Waals surface area contributed by atoms with Crippen LogP contribution >= 0.6 is 0 Å². The molecule has 0 spiro atoms. The number of rotatable bonds is 7. The van der Waals surface area contributed by atoms with Crippen LogP contribution in [-0.2, 0) is 21.7 Å². The lowest BCUT2D eigenvalue weighted by molar-refractivity contribution is 0.000225. The summed E-state index contributed by atoms with van der Waals surface area (Å²) < 4.78 is 11.6. The molecule has 0 atom stereocenters. The Morgan fingerprint density at radius 1 is 0.645 bits per heavy atom. The summed E-state index contributed by atoms with van der Waals surface area (Å²) in [6.45, 7) is 0.375. The maximum absolute atomic E-state index is 11.7. The van der Waals surface area contributed by atoms with Crippen molar-refractivity contribution in [2.45, 2.75) is 12.2 Å². The number of methoxy groups -OCH3 is 1. The number of ether oxygens (including phenoxy) is 2. The average Bonchev–Trinajstić information content (AvgIpc) is 2.86. The number of esters is 1. The van der Waals surface area contributed by atoms with Crippen molar-refractivity contribution in [2.75, 3.05) is 7.11 Å². The monoisotopic (exact) mass is 408 g/mol. The number of hydrogen-bond acceptors (Lipinski definition) is 3. The largest absolute Gasteiger partial charge is 0.465 e. The van der Waals surface area contributed by atoms with Gasteiger partial charge in [0, 0.05) is 0 Å². The van der Waals surface area contributed by atoms with E-state index in [0.29, 0.717) is 12.2 Å². The fourth-order valence-corrected chi connectivity index (χ4v) is 3.82. The second kappa shape index (κ2) is 9.41.